The largest absolute Gasteiger partial charge is 0.0836 e. The molecule has 2 radical (unpaired) electrons. The van der Waals surface area contributed by atoms with Gasteiger partial charge < -0.3 is 0 Å². The summed E-state index contributed by atoms with van der Waals surface area (Å²) in [5.74, 6) is 0. The molecule has 0 heterocycles. The third-order valence-corrected chi connectivity index (χ3v) is 3.25. The van der Waals surface area contributed by atoms with Crippen molar-refractivity contribution in [3.63, 3.8) is 0 Å². The van der Waals surface area contributed by atoms with Crippen LogP contribution >= 0.6 is 23.2 Å². The van der Waals surface area contributed by atoms with Crippen LogP contribution in [0, 0.1) is 12.1 Å². The molecule has 0 aromatic heterocycles. The predicted octanol–water partition coefficient (Wildman–Crippen LogP) is 4.90. The minimum absolute atomic E-state index is 0.567. The van der Waals surface area contributed by atoms with Gasteiger partial charge in [0.1, 0.15) is 0 Å². The van der Waals surface area contributed by atoms with Crippen LogP contribution in [0.15, 0.2) is 36.4 Å². The summed E-state index contributed by atoms with van der Waals surface area (Å²) in [5, 5.41) is 5.35. The Labute approximate surface area is 103 Å². The van der Waals surface area contributed by atoms with Gasteiger partial charge in [0.25, 0.3) is 0 Å². The summed E-state index contributed by atoms with van der Waals surface area (Å²) in [6.45, 7) is 0. The molecule has 0 saturated heterocycles. The predicted molar refractivity (Wildman–Crippen MR) is 69.1 cm³/mol. The average Bonchev–Trinajstić information content (AvgIpc) is 2.29. The van der Waals surface area contributed by atoms with E-state index in [-0.39, 0.29) is 0 Å². The van der Waals surface area contributed by atoms with Gasteiger partial charge in [0, 0.05) is 11.5 Å². The third-order valence-electron chi connectivity index (χ3n) is 2.66. The monoisotopic (exact) mass is 244 g/mol. The fourth-order valence-corrected chi connectivity index (χ4v) is 2.58. The van der Waals surface area contributed by atoms with Gasteiger partial charge in [0.2, 0.25) is 0 Å². The molecule has 0 aliphatic rings. The fourth-order valence-electron chi connectivity index (χ4n) is 1.95. The van der Waals surface area contributed by atoms with Gasteiger partial charge in [-0.3, -0.25) is 0 Å². The number of hydrogen-bond acceptors (Lipinski definition) is 0. The maximum atomic E-state index is 6.22. The van der Waals surface area contributed by atoms with E-state index in [1.54, 1.807) is 0 Å². The van der Waals surface area contributed by atoms with Crippen molar-refractivity contribution in [1.29, 1.82) is 0 Å². The Morgan fingerprint density at radius 1 is 1.00 bits per heavy atom. The number of halogens is 2. The Hall–Kier alpha value is -1.24. The Morgan fingerprint density at radius 2 is 1.81 bits per heavy atom. The van der Waals surface area contributed by atoms with Gasteiger partial charge in [-0.25, -0.2) is 0 Å². The van der Waals surface area contributed by atoms with E-state index in [1.165, 1.54) is 0 Å². The number of benzene rings is 3. The summed E-state index contributed by atoms with van der Waals surface area (Å²) in [6, 6.07) is 17.5. The highest BCUT2D eigenvalue weighted by Crippen LogP contribution is 2.35. The first-order valence-corrected chi connectivity index (χ1v) is 5.61. The Bertz CT molecular complexity index is 687. The molecule has 0 spiro atoms. The molecule has 0 aliphatic carbocycles. The van der Waals surface area contributed by atoms with Gasteiger partial charge in [0.15, 0.2) is 0 Å². The Kier molecular flexibility index (Phi) is 2.27. The minimum Gasteiger partial charge on any atom is -0.0836 e. The number of rotatable bonds is 0. The van der Waals surface area contributed by atoms with Crippen LogP contribution in [-0.2, 0) is 0 Å². The molecule has 0 aliphatic heterocycles. The smallest absolute Gasteiger partial charge is 0.0578 e. The second-order valence-electron chi connectivity index (χ2n) is 3.59. The van der Waals surface area contributed by atoms with Crippen LogP contribution in [0.4, 0.5) is 0 Å². The molecule has 0 amide bonds. The molecule has 76 valence electrons. The van der Waals surface area contributed by atoms with Crippen LogP contribution in [0.5, 0.6) is 0 Å². The second kappa shape index (κ2) is 3.65. The van der Waals surface area contributed by atoms with Crippen LogP contribution in [0.1, 0.15) is 0 Å². The fraction of sp³-hybridized carbons (Fsp3) is 0. The second-order valence-corrected chi connectivity index (χ2v) is 4.37. The third kappa shape index (κ3) is 1.38. The summed E-state index contributed by atoms with van der Waals surface area (Å²) in [5.41, 5.74) is 0. The lowest BCUT2D eigenvalue weighted by Gasteiger charge is -2.06. The van der Waals surface area contributed by atoms with E-state index >= 15 is 0 Å². The van der Waals surface area contributed by atoms with E-state index in [0.29, 0.717) is 10.0 Å². The summed E-state index contributed by atoms with van der Waals surface area (Å²) in [6.07, 6.45) is 0. The molecule has 16 heavy (non-hydrogen) atoms. The van der Waals surface area contributed by atoms with Crippen LogP contribution in [0.2, 0.25) is 10.0 Å². The van der Waals surface area contributed by atoms with Crippen molar-refractivity contribution in [2.75, 3.05) is 0 Å². The summed E-state index contributed by atoms with van der Waals surface area (Å²) in [4.78, 5) is 0. The normalized spacial score (nSPS) is 11.1. The molecule has 3 rings (SSSR count). The van der Waals surface area contributed by atoms with Gasteiger partial charge in [-0.15, -0.1) is 0 Å². The SMILES string of the molecule is Clc1[c]ccc2c1c(Cl)cc1c[c]ccc12. The Morgan fingerprint density at radius 3 is 2.69 bits per heavy atom. The van der Waals surface area contributed by atoms with Crippen molar-refractivity contribution < 1.29 is 0 Å². The summed E-state index contributed by atoms with van der Waals surface area (Å²) in [7, 11) is 0. The first-order chi connectivity index (χ1) is 7.77. The van der Waals surface area contributed by atoms with Crippen LogP contribution in [-0.4, -0.2) is 0 Å². The molecule has 0 nitrogen and oxygen atoms in total. The van der Waals surface area contributed by atoms with Gasteiger partial charge in [-0.2, -0.15) is 0 Å². The Balaban J connectivity index is 2.65. The average molecular weight is 245 g/mol. The van der Waals surface area contributed by atoms with Gasteiger partial charge in [0.05, 0.1) is 10.0 Å². The summed E-state index contributed by atoms with van der Waals surface area (Å²) >= 11 is 12.3. The molecule has 3 aromatic rings. The van der Waals surface area contributed by atoms with Crippen molar-refractivity contribution in [2.24, 2.45) is 0 Å². The molecule has 0 atom stereocenters. The first kappa shape index (κ1) is 9.95. The zero-order valence-corrected chi connectivity index (χ0v) is 9.73. The number of hydrogen-bond donors (Lipinski definition) is 0. The zero-order chi connectivity index (χ0) is 11.1. The van der Waals surface area contributed by atoms with Crippen LogP contribution in [0.25, 0.3) is 21.5 Å². The van der Waals surface area contributed by atoms with Crippen molar-refractivity contribution in [3.05, 3.63) is 58.6 Å². The molecule has 0 saturated carbocycles. The quantitative estimate of drug-likeness (QED) is 0.494. The molecule has 0 N–H and O–H groups in total. The first-order valence-electron chi connectivity index (χ1n) is 4.85. The van der Waals surface area contributed by atoms with Crippen molar-refractivity contribution in [2.45, 2.75) is 0 Å². The van der Waals surface area contributed by atoms with E-state index in [1.807, 2.05) is 36.4 Å². The van der Waals surface area contributed by atoms with Crippen molar-refractivity contribution in [1.82, 2.24) is 0 Å². The lowest BCUT2D eigenvalue weighted by Crippen LogP contribution is -1.80. The van der Waals surface area contributed by atoms with Crippen molar-refractivity contribution in [3.8, 4) is 0 Å². The molecule has 3 aromatic carbocycles. The lowest BCUT2D eigenvalue weighted by atomic mass is 10.0. The topological polar surface area (TPSA) is 0 Å². The van der Waals surface area contributed by atoms with Crippen LogP contribution in [0.3, 0.4) is 0 Å². The standard InChI is InChI=1S/C14H6Cl2/c15-12-7-3-6-11-10-5-2-1-4-9(10)8-13(16)14(11)12/h2-6,8H. The highest BCUT2D eigenvalue weighted by atomic mass is 35.5. The minimum atomic E-state index is 0.567. The van der Waals surface area contributed by atoms with Gasteiger partial charge in [-0.1, -0.05) is 47.5 Å². The molecule has 0 unspecified atom stereocenters. The van der Waals surface area contributed by atoms with E-state index in [4.69, 9.17) is 23.2 Å². The molecular formula is C14H6Cl2. The van der Waals surface area contributed by atoms with Gasteiger partial charge in [-0.05, 0) is 34.4 Å². The maximum absolute atomic E-state index is 6.22. The highest BCUT2D eigenvalue weighted by Gasteiger charge is 2.07. The molecular weight excluding hydrogens is 239 g/mol. The van der Waals surface area contributed by atoms with E-state index in [2.05, 4.69) is 12.1 Å². The van der Waals surface area contributed by atoms with E-state index in [0.717, 1.165) is 21.5 Å². The maximum Gasteiger partial charge on any atom is 0.0578 e. The summed E-state index contributed by atoms with van der Waals surface area (Å²) < 4.78 is 0. The lowest BCUT2D eigenvalue weighted by molar-refractivity contribution is 1.74. The molecule has 0 fully saturated rings. The van der Waals surface area contributed by atoms with E-state index < -0.39 is 0 Å². The van der Waals surface area contributed by atoms with Crippen molar-refractivity contribution >= 4 is 44.7 Å². The number of fused-ring (bicyclic) bond motifs is 3. The highest BCUT2D eigenvalue weighted by molar-refractivity contribution is 6.43. The van der Waals surface area contributed by atoms with E-state index in [9.17, 15) is 0 Å². The van der Waals surface area contributed by atoms with Gasteiger partial charge >= 0.3 is 0 Å². The van der Waals surface area contributed by atoms with Crippen LogP contribution < -0.4 is 0 Å². The zero-order valence-electron chi connectivity index (χ0n) is 8.22. The molecule has 2 heteroatoms. The molecule has 0 bridgehead atoms.